The number of carbonyl (C=O) groups excluding carboxylic acids is 1. The van der Waals surface area contributed by atoms with Crippen molar-refractivity contribution in [3.63, 3.8) is 0 Å². The standard InChI is InChI=1S/C17H22N2O2/c1-11-7-12-5-6-19-10-14(9-13(8-11)15(12)19)18-16(20)21-17(2,3)4/h5-8,14H,9-10H2,1-4H3,(H,18,20). The van der Waals surface area contributed by atoms with Crippen LogP contribution in [0.25, 0.3) is 10.9 Å². The molecular weight excluding hydrogens is 264 g/mol. The number of ether oxygens (including phenoxy) is 1. The summed E-state index contributed by atoms with van der Waals surface area (Å²) >= 11 is 0. The Morgan fingerprint density at radius 3 is 2.86 bits per heavy atom. The van der Waals surface area contributed by atoms with Crippen molar-refractivity contribution in [3.05, 3.63) is 35.5 Å². The highest BCUT2D eigenvalue weighted by Gasteiger charge is 2.24. The maximum absolute atomic E-state index is 11.9. The minimum absolute atomic E-state index is 0.0738. The summed E-state index contributed by atoms with van der Waals surface area (Å²) in [4.78, 5) is 11.9. The van der Waals surface area contributed by atoms with Gasteiger partial charge in [-0.3, -0.25) is 0 Å². The van der Waals surface area contributed by atoms with Gasteiger partial charge < -0.3 is 14.6 Å². The number of alkyl carbamates (subject to hydrolysis) is 1. The summed E-state index contributed by atoms with van der Waals surface area (Å²) in [7, 11) is 0. The van der Waals surface area contributed by atoms with Crippen LogP contribution in [-0.2, 0) is 17.7 Å². The Hall–Kier alpha value is -1.97. The van der Waals surface area contributed by atoms with E-state index in [1.807, 2.05) is 20.8 Å². The highest BCUT2D eigenvalue weighted by Crippen LogP contribution is 2.27. The highest BCUT2D eigenvalue weighted by atomic mass is 16.6. The van der Waals surface area contributed by atoms with E-state index in [1.165, 1.54) is 22.0 Å². The molecule has 1 amide bonds. The summed E-state index contributed by atoms with van der Waals surface area (Å²) < 4.78 is 7.57. The SMILES string of the molecule is Cc1cc2c3c(ccn3CC(NC(=O)OC(C)(C)C)C2)c1. The Balaban J connectivity index is 1.79. The zero-order valence-corrected chi connectivity index (χ0v) is 13.1. The smallest absolute Gasteiger partial charge is 0.407 e. The van der Waals surface area contributed by atoms with E-state index in [0.29, 0.717) is 0 Å². The minimum Gasteiger partial charge on any atom is -0.444 e. The number of nitrogens with one attached hydrogen (secondary N) is 1. The van der Waals surface area contributed by atoms with Crippen LogP contribution in [0.2, 0.25) is 0 Å². The molecule has 0 saturated carbocycles. The lowest BCUT2D eigenvalue weighted by molar-refractivity contribution is 0.0498. The second-order valence-corrected chi connectivity index (χ2v) is 6.88. The van der Waals surface area contributed by atoms with Crippen molar-refractivity contribution < 1.29 is 9.53 Å². The zero-order chi connectivity index (χ0) is 15.2. The third-order valence-electron chi connectivity index (χ3n) is 3.69. The molecule has 112 valence electrons. The lowest BCUT2D eigenvalue weighted by atomic mass is 9.98. The van der Waals surface area contributed by atoms with E-state index in [4.69, 9.17) is 4.74 Å². The summed E-state index contributed by atoms with van der Waals surface area (Å²) in [5.74, 6) is 0. The largest absolute Gasteiger partial charge is 0.444 e. The molecular formula is C17H22N2O2. The van der Waals surface area contributed by atoms with Gasteiger partial charge in [0.05, 0.1) is 11.6 Å². The van der Waals surface area contributed by atoms with Crippen molar-refractivity contribution >= 4 is 17.0 Å². The molecule has 1 N–H and O–H groups in total. The molecule has 0 spiro atoms. The van der Waals surface area contributed by atoms with E-state index in [1.54, 1.807) is 0 Å². The second kappa shape index (κ2) is 4.79. The highest BCUT2D eigenvalue weighted by molar-refractivity contribution is 5.85. The van der Waals surface area contributed by atoms with Gasteiger partial charge in [-0.2, -0.15) is 0 Å². The van der Waals surface area contributed by atoms with E-state index in [2.05, 4.69) is 41.2 Å². The number of amides is 1. The average molecular weight is 286 g/mol. The van der Waals surface area contributed by atoms with Gasteiger partial charge in [-0.1, -0.05) is 11.6 Å². The quantitative estimate of drug-likeness (QED) is 0.873. The van der Waals surface area contributed by atoms with Crippen LogP contribution in [0.5, 0.6) is 0 Å². The number of aryl methyl sites for hydroxylation is 1. The number of hydrogen-bond acceptors (Lipinski definition) is 2. The Kier molecular flexibility index (Phi) is 3.19. The van der Waals surface area contributed by atoms with E-state index in [-0.39, 0.29) is 12.1 Å². The maximum atomic E-state index is 11.9. The molecule has 1 aromatic heterocycles. The number of aromatic nitrogens is 1. The first-order chi connectivity index (χ1) is 9.82. The van der Waals surface area contributed by atoms with Crippen LogP contribution in [0.3, 0.4) is 0 Å². The first-order valence-electron chi connectivity index (χ1n) is 7.40. The van der Waals surface area contributed by atoms with Crippen molar-refractivity contribution in [2.75, 3.05) is 0 Å². The summed E-state index contributed by atoms with van der Waals surface area (Å²) in [5, 5.41) is 4.26. The van der Waals surface area contributed by atoms with E-state index < -0.39 is 5.60 Å². The predicted octanol–water partition coefficient (Wildman–Crippen LogP) is 3.40. The molecule has 0 fully saturated rings. The molecule has 4 nitrogen and oxygen atoms in total. The van der Waals surface area contributed by atoms with Crippen LogP contribution in [0.1, 0.15) is 31.9 Å². The van der Waals surface area contributed by atoms with Crippen LogP contribution in [0, 0.1) is 6.92 Å². The van der Waals surface area contributed by atoms with Crippen molar-refractivity contribution in [1.82, 2.24) is 9.88 Å². The number of carbonyl (C=O) groups is 1. The fourth-order valence-corrected chi connectivity index (χ4v) is 3.05. The average Bonchev–Trinajstić information content (AvgIpc) is 2.70. The van der Waals surface area contributed by atoms with Crippen molar-refractivity contribution in [1.29, 1.82) is 0 Å². The van der Waals surface area contributed by atoms with Gasteiger partial charge in [0.1, 0.15) is 5.60 Å². The fraction of sp³-hybridized carbons (Fsp3) is 0.471. The molecule has 3 rings (SSSR count). The lowest BCUT2D eigenvalue weighted by Crippen LogP contribution is -2.43. The molecule has 0 bridgehead atoms. The molecule has 4 heteroatoms. The normalized spacial score (nSPS) is 17.8. The number of nitrogens with zero attached hydrogens (tertiary/aromatic N) is 1. The maximum Gasteiger partial charge on any atom is 0.407 e. The zero-order valence-electron chi connectivity index (χ0n) is 13.1. The first-order valence-corrected chi connectivity index (χ1v) is 7.40. The first kappa shape index (κ1) is 14.0. The summed E-state index contributed by atoms with van der Waals surface area (Å²) in [5.41, 5.74) is 3.38. The molecule has 2 heterocycles. The molecule has 1 atom stereocenters. The Morgan fingerprint density at radius 2 is 2.14 bits per heavy atom. The van der Waals surface area contributed by atoms with Gasteiger partial charge in [0.15, 0.2) is 0 Å². The van der Waals surface area contributed by atoms with E-state index >= 15 is 0 Å². The minimum atomic E-state index is -0.464. The van der Waals surface area contributed by atoms with Gasteiger partial charge in [-0.25, -0.2) is 4.79 Å². The van der Waals surface area contributed by atoms with Crippen LogP contribution in [-0.4, -0.2) is 22.3 Å². The Labute approximate surface area is 125 Å². The van der Waals surface area contributed by atoms with Gasteiger partial charge in [0, 0.05) is 18.1 Å². The Morgan fingerprint density at radius 1 is 1.38 bits per heavy atom. The van der Waals surface area contributed by atoms with Gasteiger partial charge in [0.2, 0.25) is 0 Å². The molecule has 2 aromatic rings. The monoisotopic (exact) mass is 286 g/mol. The number of hydrogen-bond donors (Lipinski definition) is 1. The third-order valence-corrected chi connectivity index (χ3v) is 3.69. The van der Waals surface area contributed by atoms with Gasteiger partial charge in [-0.05, 0) is 51.8 Å². The van der Waals surface area contributed by atoms with E-state index in [0.717, 1.165) is 13.0 Å². The molecule has 0 radical (unpaired) electrons. The molecule has 1 aliphatic heterocycles. The lowest BCUT2D eigenvalue weighted by Gasteiger charge is -2.27. The summed E-state index contributed by atoms with van der Waals surface area (Å²) in [6, 6.07) is 6.63. The number of rotatable bonds is 1. The molecule has 1 unspecified atom stereocenters. The Bertz CT molecular complexity index is 695. The second-order valence-electron chi connectivity index (χ2n) is 6.88. The summed E-state index contributed by atoms with van der Waals surface area (Å²) in [6.07, 6.45) is 2.60. The van der Waals surface area contributed by atoms with Crippen LogP contribution in [0.15, 0.2) is 24.4 Å². The molecule has 1 aliphatic rings. The molecule has 21 heavy (non-hydrogen) atoms. The molecule has 0 saturated heterocycles. The van der Waals surface area contributed by atoms with Gasteiger partial charge in [-0.15, -0.1) is 0 Å². The number of benzene rings is 1. The third kappa shape index (κ3) is 2.89. The predicted molar refractivity (Wildman–Crippen MR) is 83.5 cm³/mol. The fourth-order valence-electron chi connectivity index (χ4n) is 3.05. The van der Waals surface area contributed by atoms with Crippen molar-refractivity contribution in [2.24, 2.45) is 0 Å². The van der Waals surface area contributed by atoms with Crippen LogP contribution >= 0.6 is 0 Å². The summed E-state index contributed by atoms with van der Waals surface area (Å²) in [6.45, 7) is 8.53. The van der Waals surface area contributed by atoms with Crippen LogP contribution < -0.4 is 5.32 Å². The van der Waals surface area contributed by atoms with Gasteiger partial charge >= 0.3 is 6.09 Å². The van der Waals surface area contributed by atoms with Crippen molar-refractivity contribution in [3.8, 4) is 0 Å². The van der Waals surface area contributed by atoms with Gasteiger partial charge in [0.25, 0.3) is 0 Å². The van der Waals surface area contributed by atoms with E-state index in [9.17, 15) is 4.79 Å². The van der Waals surface area contributed by atoms with Crippen molar-refractivity contribution in [2.45, 2.75) is 52.3 Å². The molecule has 0 aliphatic carbocycles. The van der Waals surface area contributed by atoms with Crippen LogP contribution in [0.4, 0.5) is 4.79 Å². The topological polar surface area (TPSA) is 43.3 Å². The molecule has 1 aromatic carbocycles.